The maximum absolute atomic E-state index is 12.6. The van der Waals surface area contributed by atoms with E-state index < -0.39 is 20.9 Å². The monoisotopic (exact) mass is 229 g/mol. The van der Waals surface area contributed by atoms with Crippen molar-refractivity contribution < 1.29 is 12.8 Å². The van der Waals surface area contributed by atoms with E-state index in [-0.39, 0.29) is 10.9 Å². The molecule has 15 heavy (non-hydrogen) atoms. The van der Waals surface area contributed by atoms with Crippen LogP contribution in [0.3, 0.4) is 0 Å². The molecule has 1 fully saturated rings. The highest BCUT2D eigenvalue weighted by atomic mass is 32.2. The average Bonchev–Trinajstić information content (AvgIpc) is 2.15. The maximum Gasteiger partial charge on any atom is 0.182 e. The van der Waals surface area contributed by atoms with E-state index in [4.69, 9.17) is 5.73 Å². The van der Waals surface area contributed by atoms with E-state index in [1.807, 2.05) is 0 Å². The molecule has 0 heterocycles. The van der Waals surface area contributed by atoms with Gasteiger partial charge in [-0.25, -0.2) is 12.8 Å². The first-order valence-electron chi connectivity index (χ1n) is 4.77. The molecular formula is C10H12FNO2S. The van der Waals surface area contributed by atoms with Crippen molar-refractivity contribution >= 4 is 9.84 Å². The van der Waals surface area contributed by atoms with Crippen molar-refractivity contribution in [2.45, 2.75) is 29.0 Å². The molecule has 2 N–H and O–H groups in total. The SMILES string of the molecule is NC1CCC1S(=O)(=O)c1ccc(F)cc1. The molecule has 0 spiro atoms. The van der Waals surface area contributed by atoms with Crippen LogP contribution in [0.5, 0.6) is 0 Å². The number of hydrogen-bond donors (Lipinski definition) is 1. The Morgan fingerprint density at radius 2 is 1.80 bits per heavy atom. The molecule has 1 aromatic rings. The first-order chi connectivity index (χ1) is 7.01. The van der Waals surface area contributed by atoms with Gasteiger partial charge in [0.25, 0.3) is 0 Å². The van der Waals surface area contributed by atoms with E-state index in [0.29, 0.717) is 6.42 Å². The molecule has 1 aliphatic carbocycles. The Balaban J connectivity index is 2.33. The van der Waals surface area contributed by atoms with Crippen molar-refractivity contribution in [2.24, 2.45) is 5.73 Å². The van der Waals surface area contributed by atoms with Crippen LogP contribution < -0.4 is 5.73 Å². The van der Waals surface area contributed by atoms with Gasteiger partial charge in [-0.3, -0.25) is 0 Å². The minimum atomic E-state index is -3.36. The van der Waals surface area contributed by atoms with E-state index in [1.165, 1.54) is 12.1 Å². The van der Waals surface area contributed by atoms with Gasteiger partial charge in [0, 0.05) is 6.04 Å². The van der Waals surface area contributed by atoms with Gasteiger partial charge in [-0.15, -0.1) is 0 Å². The molecule has 5 heteroatoms. The summed E-state index contributed by atoms with van der Waals surface area (Å²) in [6.07, 6.45) is 1.34. The molecular weight excluding hydrogens is 217 g/mol. The zero-order valence-electron chi connectivity index (χ0n) is 8.06. The lowest BCUT2D eigenvalue weighted by Crippen LogP contribution is -2.48. The van der Waals surface area contributed by atoms with E-state index >= 15 is 0 Å². The summed E-state index contributed by atoms with van der Waals surface area (Å²) in [5.74, 6) is -0.438. The number of rotatable bonds is 2. The van der Waals surface area contributed by atoms with Gasteiger partial charge in [-0.1, -0.05) is 0 Å². The van der Waals surface area contributed by atoms with Gasteiger partial charge in [-0.05, 0) is 37.1 Å². The van der Waals surface area contributed by atoms with Gasteiger partial charge >= 0.3 is 0 Å². The molecule has 1 aromatic carbocycles. The fourth-order valence-electron chi connectivity index (χ4n) is 1.68. The molecule has 3 nitrogen and oxygen atoms in total. The molecule has 2 unspecified atom stereocenters. The zero-order valence-corrected chi connectivity index (χ0v) is 8.87. The van der Waals surface area contributed by atoms with Crippen molar-refractivity contribution in [1.82, 2.24) is 0 Å². The Morgan fingerprint density at radius 3 is 2.20 bits per heavy atom. The lowest BCUT2D eigenvalue weighted by atomic mass is 9.93. The van der Waals surface area contributed by atoms with Gasteiger partial charge in [0.1, 0.15) is 5.82 Å². The highest BCUT2D eigenvalue weighted by Gasteiger charge is 2.39. The van der Waals surface area contributed by atoms with Gasteiger partial charge in [0.2, 0.25) is 0 Å². The Bertz CT molecular complexity index is 455. The van der Waals surface area contributed by atoms with Crippen LogP contribution in [0.4, 0.5) is 4.39 Å². The lowest BCUT2D eigenvalue weighted by molar-refractivity contribution is 0.408. The van der Waals surface area contributed by atoms with Crippen LogP contribution in [-0.4, -0.2) is 19.7 Å². The summed E-state index contributed by atoms with van der Waals surface area (Å²) in [7, 11) is -3.36. The molecule has 82 valence electrons. The second kappa shape index (κ2) is 3.57. The smallest absolute Gasteiger partial charge is 0.182 e. The molecule has 1 aliphatic rings. The molecule has 2 atom stereocenters. The van der Waals surface area contributed by atoms with Crippen LogP contribution in [0.1, 0.15) is 12.8 Å². The highest BCUT2D eigenvalue weighted by Crippen LogP contribution is 2.30. The number of hydrogen-bond acceptors (Lipinski definition) is 3. The summed E-state index contributed by atoms with van der Waals surface area (Å²) in [5.41, 5.74) is 5.62. The Labute approximate surface area is 88.0 Å². The van der Waals surface area contributed by atoms with Crippen LogP contribution in [0, 0.1) is 5.82 Å². The summed E-state index contributed by atoms with van der Waals surface area (Å²) >= 11 is 0. The molecule has 0 aromatic heterocycles. The fraction of sp³-hybridized carbons (Fsp3) is 0.400. The first kappa shape index (κ1) is 10.6. The third-order valence-corrected chi connectivity index (χ3v) is 5.11. The van der Waals surface area contributed by atoms with Gasteiger partial charge in [0.05, 0.1) is 10.1 Å². The Hall–Kier alpha value is -0.940. The number of benzene rings is 1. The van der Waals surface area contributed by atoms with E-state index in [0.717, 1.165) is 18.6 Å². The number of halogens is 1. The first-order valence-corrected chi connectivity index (χ1v) is 6.31. The molecule has 0 amide bonds. The molecule has 2 rings (SSSR count). The second-order valence-corrected chi connectivity index (χ2v) is 5.95. The summed E-state index contributed by atoms with van der Waals surface area (Å²) in [5, 5.41) is -0.497. The zero-order chi connectivity index (χ0) is 11.1. The quantitative estimate of drug-likeness (QED) is 0.772. The second-order valence-electron chi connectivity index (χ2n) is 3.78. The summed E-state index contributed by atoms with van der Waals surface area (Å²) in [6, 6.07) is 4.60. The van der Waals surface area contributed by atoms with Crippen LogP contribution in [0.15, 0.2) is 29.2 Å². The van der Waals surface area contributed by atoms with Crippen LogP contribution in [-0.2, 0) is 9.84 Å². The minimum Gasteiger partial charge on any atom is -0.327 e. The van der Waals surface area contributed by atoms with Crippen LogP contribution in [0.25, 0.3) is 0 Å². The van der Waals surface area contributed by atoms with Crippen LogP contribution >= 0.6 is 0 Å². The van der Waals surface area contributed by atoms with Gasteiger partial charge in [0.15, 0.2) is 9.84 Å². The highest BCUT2D eigenvalue weighted by molar-refractivity contribution is 7.92. The largest absolute Gasteiger partial charge is 0.327 e. The Kier molecular flexibility index (Phi) is 2.52. The van der Waals surface area contributed by atoms with Crippen molar-refractivity contribution in [1.29, 1.82) is 0 Å². The summed E-state index contributed by atoms with van der Waals surface area (Å²) in [4.78, 5) is 0.157. The minimum absolute atomic E-state index is 0.157. The standard InChI is InChI=1S/C10H12FNO2S/c11-7-1-3-8(4-2-7)15(13,14)10-6-5-9(10)12/h1-4,9-10H,5-6,12H2. The maximum atomic E-state index is 12.6. The molecule has 0 saturated heterocycles. The molecule has 0 bridgehead atoms. The predicted octanol–water partition coefficient (Wildman–Crippen LogP) is 1.09. The van der Waals surface area contributed by atoms with Gasteiger partial charge < -0.3 is 5.73 Å². The molecule has 0 aliphatic heterocycles. The predicted molar refractivity (Wildman–Crippen MR) is 54.6 cm³/mol. The Morgan fingerprint density at radius 1 is 1.20 bits per heavy atom. The van der Waals surface area contributed by atoms with Crippen molar-refractivity contribution in [3.8, 4) is 0 Å². The van der Waals surface area contributed by atoms with Gasteiger partial charge in [-0.2, -0.15) is 0 Å². The normalized spacial score (nSPS) is 26.0. The topological polar surface area (TPSA) is 60.2 Å². The van der Waals surface area contributed by atoms with E-state index in [2.05, 4.69) is 0 Å². The third-order valence-electron chi connectivity index (χ3n) is 2.80. The van der Waals surface area contributed by atoms with E-state index in [1.54, 1.807) is 0 Å². The van der Waals surface area contributed by atoms with Crippen molar-refractivity contribution in [3.05, 3.63) is 30.1 Å². The number of sulfone groups is 1. The summed E-state index contributed by atoms with van der Waals surface area (Å²) < 4.78 is 36.5. The molecule has 0 radical (unpaired) electrons. The van der Waals surface area contributed by atoms with E-state index in [9.17, 15) is 12.8 Å². The third kappa shape index (κ3) is 1.77. The lowest BCUT2D eigenvalue weighted by Gasteiger charge is -2.32. The van der Waals surface area contributed by atoms with Crippen molar-refractivity contribution in [2.75, 3.05) is 0 Å². The van der Waals surface area contributed by atoms with Crippen molar-refractivity contribution in [3.63, 3.8) is 0 Å². The fourth-order valence-corrected chi connectivity index (χ4v) is 3.59. The summed E-state index contributed by atoms with van der Waals surface area (Å²) in [6.45, 7) is 0. The average molecular weight is 229 g/mol. The number of nitrogens with two attached hydrogens (primary N) is 1. The molecule has 1 saturated carbocycles. The van der Waals surface area contributed by atoms with Crippen LogP contribution in [0.2, 0.25) is 0 Å².